The largest absolute Gasteiger partial charge is 0.463 e. The zero-order valence-electron chi connectivity index (χ0n) is 17.0. The van der Waals surface area contributed by atoms with Crippen LogP contribution in [0.25, 0.3) is 0 Å². The van der Waals surface area contributed by atoms with Crippen molar-refractivity contribution in [3.8, 4) is 0 Å². The van der Waals surface area contributed by atoms with Crippen LogP contribution < -0.4 is 0 Å². The number of ether oxygens (including phenoxy) is 1. The molecule has 0 amide bonds. The molecule has 0 aromatic heterocycles. The van der Waals surface area contributed by atoms with Crippen molar-refractivity contribution < 1.29 is 14.6 Å². The third-order valence-electron chi connectivity index (χ3n) is 9.07. The SMILES string of the molecule is CC(=O)O[C@@H](C)[C@H]1CC[C@H]2[C@@H]3CC=C4C[C@@H](O)CC[C@@]4(C)[C@H]3CC[C@]12C. The number of rotatable bonds is 2. The van der Waals surface area contributed by atoms with E-state index in [-0.39, 0.29) is 18.2 Å². The van der Waals surface area contributed by atoms with E-state index >= 15 is 0 Å². The smallest absolute Gasteiger partial charge is 0.302 e. The van der Waals surface area contributed by atoms with E-state index in [4.69, 9.17) is 4.74 Å². The monoisotopic (exact) mass is 360 g/mol. The highest BCUT2D eigenvalue weighted by Crippen LogP contribution is 2.66. The van der Waals surface area contributed by atoms with Gasteiger partial charge in [-0.15, -0.1) is 0 Å². The van der Waals surface area contributed by atoms with Gasteiger partial charge in [0.05, 0.1) is 6.10 Å². The summed E-state index contributed by atoms with van der Waals surface area (Å²) in [5.41, 5.74) is 2.17. The van der Waals surface area contributed by atoms with Crippen molar-refractivity contribution in [3.63, 3.8) is 0 Å². The highest BCUT2D eigenvalue weighted by Gasteiger charge is 2.59. The van der Waals surface area contributed by atoms with Gasteiger partial charge >= 0.3 is 5.97 Å². The molecule has 8 atom stereocenters. The second-order valence-corrected chi connectivity index (χ2v) is 10.2. The van der Waals surface area contributed by atoms with E-state index in [1.807, 2.05) is 0 Å². The first-order valence-corrected chi connectivity index (χ1v) is 10.8. The molecule has 4 rings (SSSR count). The Kier molecular flexibility index (Phi) is 4.53. The average Bonchev–Trinajstić information content (AvgIpc) is 2.92. The Balaban J connectivity index is 1.59. The number of allylic oxidation sites excluding steroid dienone is 1. The number of esters is 1. The standard InChI is InChI=1S/C23H36O3/c1-14(26-15(2)24)19-7-8-20-18-6-5-16-13-17(25)9-11-22(16,3)21(18)10-12-23(19,20)4/h5,14,17-21,25H,6-13H2,1-4H3/t14-,17-,18-,19+,20-,21-,22+,23+/m0/s1. The Bertz CT molecular complexity index is 611. The van der Waals surface area contributed by atoms with Gasteiger partial charge in [0.15, 0.2) is 0 Å². The second-order valence-electron chi connectivity index (χ2n) is 10.2. The van der Waals surface area contributed by atoms with Gasteiger partial charge in [-0.25, -0.2) is 0 Å². The Labute approximate surface area is 158 Å². The number of fused-ring (bicyclic) bond motifs is 5. The molecule has 0 aromatic rings. The molecule has 1 N–H and O–H groups in total. The molecule has 0 unspecified atom stereocenters. The fourth-order valence-corrected chi connectivity index (χ4v) is 7.80. The van der Waals surface area contributed by atoms with Gasteiger partial charge in [0.1, 0.15) is 6.10 Å². The van der Waals surface area contributed by atoms with Gasteiger partial charge in [-0.05, 0) is 86.9 Å². The molecule has 3 nitrogen and oxygen atoms in total. The Morgan fingerprint density at radius 3 is 2.69 bits per heavy atom. The van der Waals surface area contributed by atoms with Crippen LogP contribution in [0, 0.1) is 34.5 Å². The summed E-state index contributed by atoms with van der Waals surface area (Å²) in [6, 6.07) is 0. The Morgan fingerprint density at radius 1 is 1.19 bits per heavy atom. The maximum Gasteiger partial charge on any atom is 0.302 e. The van der Waals surface area contributed by atoms with Gasteiger partial charge in [0.2, 0.25) is 0 Å². The van der Waals surface area contributed by atoms with Crippen molar-refractivity contribution in [1.29, 1.82) is 0 Å². The van der Waals surface area contributed by atoms with Crippen molar-refractivity contribution in [3.05, 3.63) is 11.6 Å². The van der Waals surface area contributed by atoms with E-state index in [1.54, 1.807) is 5.57 Å². The number of carbonyl (C=O) groups excluding carboxylic acids is 1. The van der Waals surface area contributed by atoms with Crippen LogP contribution >= 0.6 is 0 Å². The van der Waals surface area contributed by atoms with Crippen LogP contribution in [0.1, 0.15) is 79.1 Å². The van der Waals surface area contributed by atoms with E-state index in [0.29, 0.717) is 16.7 Å². The van der Waals surface area contributed by atoms with Gasteiger partial charge < -0.3 is 9.84 Å². The third-order valence-corrected chi connectivity index (χ3v) is 9.07. The van der Waals surface area contributed by atoms with Crippen molar-refractivity contribution in [1.82, 2.24) is 0 Å². The summed E-state index contributed by atoms with van der Waals surface area (Å²) >= 11 is 0. The van der Waals surface area contributed by atoms with Crippen LogP contribution in [0.2, 0.25) is 0 Å². The molecule has 3 heteroatoms. The van der Waals surface area contributed by atoms with Crippen LogP contribution in [-0.4, -0.2) is 23.3 Å². The van der Waals surface area contributed by atoms with Crippen LogP contribution in [0.4, 0.5) is 0 Å². The first-order valence-electron chi connectivity index (χ1n) is 10.8. The van der Waals surface area contributed by atoms with Gasteiger partial charge in [-0.1, -0.05) is 25.5 Å². The highest BCUT2D eigenvalue weighted by atomic mass is 16.5. The first-order chi connectivity index (χ1) is 12.3. The van der Waals surface area contributed by atoms with E-state index in [2.05, 4.69) is 26.8 Å². The van der Waals surface area contributed by atoms with Crippen molar-refractivity contribution >= 4 is 5.97 Å². The number of hydrogen-bond donors (Lipinski definition) is 1. The van der Waals surface area contributed by atoms with Crippen molar-refractivity contribution in [2.24, 2.45) is 34.5 Å². The summed E-state index contributed by atoms with van der Waals surface area (Å²) in [6.07, 6.45) is 11.7. The van der Waals surface area contributed by atoms with Gasteiger partial charge in [-0.2, -0.15) is 0 Å². The first kappa shape index (κ1) is 18.5. The average molecular weight is 361 g/mol. The predicted octanol–water partition coefficient (Wildman–Crippen LogP) is 4.88. The molecule has 0 aromatic carbocycles. The molecular formula is C23H36O3. The number of carbonyl (C=O) groups is 1. The number of aliphatic hydroxyl groups is 1. The van der Waals surface area contributed by atoms with E-state index in [1.165, 1.54) is 39.0 Å². The van der Waals surface area contributed by atoms with Crippen LogP contribution in [-0.2, 0) is 9.53 Å². The summed E-state index contributed by atoms with van der Waals surface area (Å²) in [7, 11) is 0. The van der Waals surface area contributed by atoms with Crippen LogP contribution in [0.15, 0.2) is 11.6 Å². The summed E-state index contributed by atoms with van der Waals surface area (Å²) in [5, 5.41) is 10.1. The highest BCUT2D eigenvalue weighted by molar-refractivity contribution is 5.66. The normalized spacial score (nSPS) is 48.7. The van der Waals surface area contributed by atoms with Gasteiger partial charge in [0.25, 0.3) is 0 Å². The van der Waals surface area contributed by atoms with Gasteiger partial charge in [0, 0.05) is 12.8 Å². The maximum absolute atomic E-state index is 11.5. The minimum absolute atomic E-state index is 0.0363. The molecule has 0 bridgehead atoms. The zero-order valence-corrected chi connectivity index (χ0v) is 17.0. The maximum atomic E-state index is 11.5. The number of hydrogen-bond acceptors (Lipinski definition) is 3. The fourth-order valence-electron chi connectivity index (χ4n) is 7.80. The molecule has 0 saturated heterocycles. The molecule has 0 heterocycles. The van der Waals surface area contributed by atoms with E-state index in [9.17, 15) is 9.90 Å². The minimum Gasteiger partial charge on any atom is -0.463 e. The molecule has 0 radical (unpaired) electrons. The van der Waals surface area contributed by atoms with Crippen LogP contribution in [0.3, 0.4) is 0 Å². The van der Waals surface area contributed by atoms with E-state index in [0.717, 1.165) is 37.0 Å². The fraction of sp³-hybridized carbons (Fsp3) is 0.870. The summed E-state index contributed by atoms with van der Waals surface area (Å²) in [6.45, 7) is 8.61. The lowest BCUT2D eigenvalue weighted by Gasteiger charge is -2.58. The molecule has 0 spiro atoms. The van der Waals surface area contributed by atoms with Crippen LogP contribution in [0.5, 0.6) is 0 Å². The number of aliphatic hydroxyl groups excluding tert-OH is 1. The third kappa shape index (κ3) is 2.68. The van der Waals surface area contributed by atoms with E-state index < -0.39 is 0 Å². The zero-order chi connectivity index (χ0) is 18.7. The summed E-state index contributed by atoms with van der Waals surface area (Å²) in [5.74, 6) is 2.66. The Morgan fingerprint density at radius 2 is 1.96 bits per heavy atom. The second kappa shape index (κ2) is 6.36. The van der Waals surface area contributed by atoms with Gasteiger partial charge in [-0.3, -0.25) is 4.79 Å². The molecule has 26 heavy (non-hydrogen) atoms. The lowest BCUT2D eigenvalue weighted by atomic mass is 9.47. The molecule has 4 aliphatic carbocycles. The predicted molar refractivity (Wildman–Crippen MR) is 102 cm³/mol. The van der Waals surface area contributed by atoms with Crippen molar-refractivity contribution in [2.75, 3.05) is 0 Å². The van der Waals surface area contributed by atoms with Crippen molar-refractivity contribution in [2.45, 2.75) is 91.3 Å². The topological polar surface area (TPSA) is 46.5 Å². The lowest BCUT2D eigenvalue weighted by Crippen LogP contribution is -2.51. The molecular weight excluding hydrogens is 324 g/mol. The molecule has 0 aliphatic heterocycles. The summed E-state index contributed by atoms with van der Waals surface area (Å²) in [4.78, 5) is 11.5. The molecule has 3 saturated carbocycles. The molecule has 4 aliphatic rings. The quantitative estimate of drug-likeness (QED) is 0.564. The Hall–Kier alpha value is -0.830. The minimum atomic E-state index is -0.142. The molecule has 3 fully saturated rings. The lowest BCUT2D eigenvalue weighted by molar-refractivity contribution is -0.152. The molecule has 146 valence electrons. The summed E-state index contributed by atoms with van der Waals surface area (Å²) < 4.78 is 5.62.